The number of thioether (sulfide) groups is 1. The van der Waals surface area contributed by atoms with Crippen molar-refractivity contribution in [2.24, 2.45) is 0 Å². The third-order valence-electron chi connectivity index (χ3n) is 4.07. The number of nitrogens with zero attached hydrogens (tertiary/aromatic N) is 4. The lowest BCUT2D eigenvalue weighted by molar-refractivity contribution is 0.414. The van der Waals surface area contributed by atoms with Crippen LogP contribution in [0.15, 0.2) is 70.9 Å². The highest BCUT2D eigenvalue weighted by Crippen LogP contribution is 2.22. The van der Waals surface area contributed by atoms with Gasteiger partial charge in [-0.15, -0.1) is 10.2 Å². The molecule has 2 aromatic carbocycles. The fourth-order valence-electron chi connectivity index (χ4n) is 2.64. The first kappa shape index (κ1) is 17.6. The average Bonchev–Trinajstić information content (AvgIpc) is 3.12. The summed E-state index contributed by atoms with van der Waals surface area (Å²) in [5.74, 6) is 1.44. The van der Waals surface area contributed by atoms with Gasteiger partial charge in [-0.2, -0.15) is 0 Å². The number of ether oxygens (including phenoxy) is 1. The average molecular weight is 399 g/mol. The van der Waals surface area contributed by atoms with Gasteiger partial charge < -0.3 is 4.74 Å². The zero-order chi connectivity index (χ0) is 18.8. The normalized spacial score (nSPS) is 11.0. The van der Waals surface area contributed by atoms with Crippen LogP contribution in [0.4, 0.5) is 0 Å². The van der Waals surface area contributed by atoms with E-state index in [1.807, 2.05) is 48.5 Å². The second kappa shape index (κ2) is 7.46. The minimum Gasteiger partial charge on any atom is -0.497 e. The molecule has 0 saturated heterocycles. The Kier molecular flexibility index (Phi) is 4.87. The molecule has 8 heteroatoms. The van der Waals surface area contributed by atoms with E-state index in [2.05, 4.69) is 10.2 Å². The van der Waals surface area contributed by atoms with E-state index in [0.29, 0.717) is 15.9 Å². The van der Waals surface area contributed by atoms with E-state index in [9.17, 15) is 4.79 Å². The molecule has 0 radical (unpaired) electrons. The third kappa shape index (κ3) is 3.56. The van der Waals surface area contributed by atoms with Crippen LogP contribution in [0.3, 0.4) is 0 Å². The van der Waals surface area contributed by atoms with Crippen LogP contribution in [0.5, 0.6) is 5.75 Å². The van der Waals surface area contributed by atoms with Gasteiger partial charge in [0.2, 0.25) is 5.65 Å². The number of halogens is 1. The third-order valence-corrected chi connectivity index (χ3v) is 5.34. The molecule has 6 nitrogen and oxygen atoms in total. The first-order valence-electron chi connectivity index (χ1n) is 8.14. The van der Waals surface area contributed by atoms with Crippen molar-refractivity contribution in [3.05, 3.63) is 81.9 Å². The zero-order valence-electron chi connectivity index (χ0n) is 14.4. The van der Waals surface area contributed by atoms with E-state index in [1.54, 1.807) is 23.9 Å². The van der Waals surface area contributed by atoms with Gasteiger partial charge in [0.25, 0.3) is 0 Å². The lowest BCUT2D eigenvalue weighted by Crippen LogP contribution is -2.20. The van der Waals surface area contributed by atoms with Crippen LogP contribution in [0.1, 0.15) is 5.56 Å². The van der Waals surface area contributed by atoms with E-state index < -0.39 is 0 Å². The van der Waals surface area contributed by atoms with Gasteiger partial charge >= 0.3 is 5.56 Å². The smallest absolute Gasteiger partial charge is 0.300 e. The topological polar surface area (TPSA) is 61.4 Å². The summed E-state index contributed by atoms with van der Waals surface area (Å²) >= 11 is 7.42. The number of fused-ring (bicyclic) bond motifs is 1. The molecule has 27 heavy (non-hydrogen) atoms. The van der Waals surface area contributed by atoms with Crippen LogP contribution in [0.2, 0.25) is 5.02 Å². The molecule has 4 rings (SSSR count). The summed E-state index contributed by atoms with van der Waals surface area (Å²) in [7, 11) is 1.60. The van der Waals surface area contributed by atoms with Gasteiger partial charge in [0, 0.05) is 28.9 Å². The van der Waals surface area contributed by atoms with E-state index in [1.165, 1.54) is 16.3 Å². The van der Waals surface area contributed by atoms with Crippen LogP contribution in [0.25, 0.3) is 11.3 Å². The Morgan fingerprint density at radius 3 is 2.48 bits per heavy atom. The molecule has 0 unspecified atom stereocenters. The summed E-state index contributed by atoms with van der Waals surface area (Å²) < 4.78 is 8.40. The SMILES string of the molecule is COc1ccc(-n2ccn3c(SCc4ccc(Cl)cc4)nnc3c2=O)cc1. The van der Waals surface area contributed by atoms with Crippen molar-refractivity contribution in [3.8, 4) is 11.4 Å². The lowest BCUT2D eigenvalue weighted by atomic mass is 10.2. The highest BCUT2D eigenvalue weighted by Gasteiger charge is 2.12. The van der Waals surface area contributed by atoms with Crippen molar-refractivity contribution in [2.75, 3.05) is 7.11 Å². The Bertz CT molecular complexity index is 1140. The number of rotatable bonds is 5. The molecule has 0 amide bonds. The van der Waals surface area contributed by atoms with Gasteiger partial charge in [0.05, 0.1) is 7.11 Å². The quantitative estimate of drug-likeness (QED) is 0.478. The first-order valence-corrected chi connectivity index (χ1v) is 9.50. The summed E-state index contributed by atoms with van der Waals surface area (Å²) in [6, 6.07) is 14.9. The van der Waals surface area contributed by atoms with Gasteiger partial charge in [0.1, 0.15) is 5.75 Å². The van der Waals surface area contributed by atoms with Gasteiger partial charge in [-0.3, -0.25) is 13.8 Å². The fraction of sp³-hybridized carbons (Fsp3) is 0.105. The predicted molar refractivity (Wildman–Crippen MR) is 106 cm³/mol. The fourth-order valence-corrected chi connectivity index (χ4v) is 3.64. The van der Waals surface area contributed by atoms with Crippen molar-refractivity contribution < 1.29 is 4.74 Å². The second-order valence-electron chi connectivity index (χ2n) is 5.76. The standard InChI is InChI=1S/C19H15ClN4O2S/c1-26-16-8-6-15(7-9-16)23-10-11-24-17(18(23)25)21-22-19(24)27-12-13-2-4-14(20)5-3-13/h2-11H,12H2,1H3. The molecular formula is C19H15ClN4O2S. The van der Waals surface area contributed by atoms with Gasteiger partial charge in [0.15, 0.2) is 5.16 Å². The largest absolute Gasteiger partial charge is 0.497 e. The summed E-state index contributed by atoms with van der Waals surface area (Å²) in [5.41, 5.74) is 1.91. The van der Waals surface area contributed by atoms with Crippen LogP contribution in [-0.2, 0) is 5.75 Å². The molecule has 0 aliphatic carbocycles. The number of methoxy groups -OCH3 is 1. The Morgan fingerprint density at radius 2 is 1.78 bits per heavy atom. The molecule has 136 valence electrons. The molecule has 0 atom stereocenters. The van der Waals surface area contributed by atoms with E-state index in [-0.39, 0.29) is 11.2 Å². The lowest BCUT2D eigenvalue weighted by Gasteiger charge is -2.07. The number of hydrogen-bond acceptors (Lipinski definition) is 5. The molecule has 2 heterocycles. The molecule has 4 aromatic rings. The van der Waals surface area contributed by atoms with E-state index >= 15 is 0 Å². The number of aromatic nitrogens is 4. The van der Waals surface area contributed by atoms with Crippen LogP contribution in [0, 0.1) is 0 Å². The number of benzene rings is 2. The van der Waals surface area contributed by atoms with Gasteiger partial charge in [-0.1, -0.05) is 35.5 Å². The molecular weight excluding hydrogens is 384 g/mol. The van der Waals surface area contributed by atoms with Crippen molar-refractivity contribution in [3.63, 3.8) is 0 Å². The zero-order valence-corrected chi connectivity index (χ0v) is 15.9. The van der Waals surface area contributed by atoms with E-state index in [0.717, 1.165) is 17.0 Å². The summed E-state index contributed by atoms with van der Waals surface area (Å²) in [5, 5.41) is 9.62. The van der Waals surface area contributed by atoms with Crippen molar-refractivity contribution in [1.82, 2.24) is 19.2 Å². The van der Waals surface area contributed by atoms with Crippen molar-refractivity contribution >= 4 is 29.0 Å². The summed E-state index contributed by atoms with van der Waals surface area (Å²) in [4.78, 5) is 12.8. The van der Waals surface area contributed by atoms with Crippen LogP contribution >= 0.6 is 23.4 Å². The highest BCUT2D eigenvalue weighted by atomic mass is 35.5. The Morgan fingerprint density at radius 1 is 1.04 bits per heavy atom. The second-order valence-corrected chi connectivity index (χ2v) is 7.14. The van der Waals surface area contributed by atoms with Gasteiger partial charge in [-0.25, -0.2) is 0 Å². The molecule has 0 aliphatic rings. The highest BCUT2D eigenvalue weighted by molar-refractivity contribution is 7.98. The molecule has 2 aromatic heterocycles. The molecule has 0 spiro atoms. The first-order chi connectivity index (χ1) is 13.2. The van der Waals surface area contributed by atoms with Crippen LogP contribution in [-0.4, -0.2) is 26.3 Å². The van der Waals surface area contributed by atoms with Gasteiger partial charge in [-0.05, 0) is 42.0 Å². The maximum absolute atomic E-state index is 12.8. The Labute approximate surface area is 164 Å². The van der Waals surface area contributed by atoms with Crippen molar-refractivity contribution in [2.45, 2.75) is 10.9 Å². The maximum atomic E-state index is 12.8. The molecule has 0 saturated carbocycles. The minimum absolute atomic E-state index is 0.228. The minimum atomic E-state index is -0.228. The van der Waals surface area contributed by atoms with Crippen molar-refractivity contribution in [1.29, 1.82) is 0 Å². The summed E-state index contributed by atoms with van der Waals surface area (Å²) in [6.45, 7) is 0. The van der Waals surface area contributed by atoms with E-state index in [4.69, 9.17) is 16.3 Å². The Hall–Kier alpha value is -2.77. The molecule has 0 fully saturated rings. The monoisotopic (exact) mass is 398 g/mol. The Balaban J connectivity index is 1.62. The maximum Gasteiger partial charge on any atom is 0.300 e. The van der Waals surface area contributed by atoms with Crippen LogP contribution < -0.4 is 10.3 Å². The predicted octanol–water partition coefficient (Wildman–Crippen LogP) is 3.83. The molecule has 0 aliphatic heterocycles. The number of hydrogen-bond donors (Lipinski definition) is 0. The summed E-state index contributed by atoms with van der Waals surface area (Å²) in [6.07, 6.45) is 3.51. The molecule has 0 N–H and O–H groups in total. The molecule has 0 bridgehead atoms.